The maximum atomic E-state index is 11.9. The molecule has 7 heteroatoms. The van der Waals surface area contributed by atoms with Crippen molar-refractivity contribution >= 4 is 23.9 Å². The quantitative estimate of drug-likeness (QED) is 0.657. The van der Waals surface area contributed by atoms with Crippen molar-refractivity contribution in [2.24, 2.45) is 0 Å². The maximum Gasteiger partial charge on any atom is 0.347 e. The zero-order valence-electron chi connectivity index (χ0n) is 11.4. The Kier molecular flexibility index (Phi) is 3.18. The molecular weight excluding hydrogens is 304 g/mol. The van der Waals surface area contributed by atoms with Crippen LogP contribution in [0.4, 0.5) is 0 Å². The summed E-state index contributed by atoms with van der Waals surface area (Å²) in [5.41, 5.74) is -0.752. The van der Waals surface area contributed by atoms with Crippen LogP contribution in [0.3, 0.4) is 0 Å². The van der Waals surface area contributed by atoms with Crippen molar-refractivity contribution in [3.63, 3.8) is 0 Å². The summed E-state index contributed by atoms with van der Waals surface area (Å²) in [7, 11) is 0. The molecule has 23 heavy (non-hydrogen) atoms. The molecule has 0 radical (unpaired) electrons. The number of ether oxygens (including phenoxy) is 1. The Morgan fingerprint density at radius 3 is 2.04 bits per heavy atom. The number of carbonyl (C=O) groups excluding carboxylic acids is 2. The predicted octanol–water partition coefficient (Wildman–Crippen LogP) is 2.06. The van der Waals surface area contributed by atoms with Gasteiger partial charge < -0.3 is 14.9 Å². The van der Waals surface area contributed by atoms with Crippen molar-refractivity contribution in [1.82, 2.24) is 0 Å². The topological polar surface area (TPSA) is 118 Å². The van der Waals surface area contributed by atoms with Crippen LogP contribution in [-0.2, 0) is 4.74 Å². The molecule has 7 nitrogen and oxygen atoms in total. The highest BCUT2D eigenvalue weighted by Crippen LogP contribution is 2.34. The van der Waals surface area contributed by atoms with Crippen molar-refractivity contribution in [3.8, 4) is 11.1 Å². The van der Waals surface area contributed by atoms with Gasteiger partial charge in [0.2, 0.25) is 0 Å². The first-order valence-electron chi connectivity index (χ1n) is 6.41. The highest BCUT2D eigenvalue weighted by atomic mass is 16.6. The van der Waals surface area contributed by atoms with Crippen LogP contribution in [0.2, 0.25) is 0 Å². The van der Waals surface area contributed by atoms with Crippen molar-refractivity contribution in [2.45, 2.75) is 0 Å². The highest BCUT2D eigenvalue weighted by molar-refractivity contribution is 6.19. The SMILES string of the molecule is O=C(O)c1cccc(-c2cccc3c2C(=O)OC3=O)c1C(=O)O. The third-order valence-electron chi connectivity index (χ3n) is 3.47. The number of carboxylic acid groups (broad SMARTS) is 2. The van der Waals surface area contributed by atoms with Gasteiger partial charge in [0.05, 0.1) is 22.3 Å². The number of aromatic carboxylic acids is 2. The van der Waals surface area contributed by atoms with Gasteiger partial charge in [0, 0.05) is 0 Å². The number of benzene rings is 2. The second kappa shape index (κ2) is 5.06. The van der Waals surface area contributed by atoms with Crippen LogP contribution in [-0.4, -0.2) is 34.1 Å². The van der Waals surface area contributed by atoms with Gasteiger partial charge in [-0.15, -0.1) is 0 Å². The van der Waals surface area contributed by atoms with E-state index in [1.165, 1.54) is 30.3 Å². The predicted molar refractivity (Wildman–Crippen MR) is 75.5 cm³/mol. The highest BCUT2D eigenvalue weighted by Gasteiger charge is 2.34. The van der Waals surface area contributed by atoms with Gasteiger partial charge in [-0.25, -0.2) is 19.2 Å². The molecule has 1 heterocycles. The van der Waals surface area contributed by atoms with E-state index in [0.29, 0.717) is 0 Å². The fraction of sp³-hybridized carbons (Fsp3) is 0. The van der Waals surface area contributed by atoms with Gasteiger partial charge in [-0.2, -0.15) is 0 Å². The van der Waals surface area contributed by atoms with E-state index in [2.05, 4.69) is 4.74 Å². The fourth-order valence-electron chi connectivity index (χ4n) is 2.54. The molecular formula is C16H8O7. The van der Waals surface area contributed by atoms with E-state index in [4.69, 9.17) is 5.11 Å². The molecule has 2 N–H and O–H groups in total. The Balaban J connectivity index is 2.36. The summed E-state index contributed by atoms with van der Waals surface area (Å²) in [6, 6.07) is 8.18. The number of carboxylic acids is 2. The molecule has 0 amide bonds. The minimum atomic E-state index is -1.45. The number of hydrogen-bond donors (Lipinski definition) is 2. The summed E-state index contributed by atoms with van der Waals surface area (Å²) in [4.78, 5) is 46.2. The van der Waals surface area contributed by atoms with Crippen LogP contribution in [0.5, 0.6) is 0 Å². The Bertz CT molecular complexity index is 895. The molecule has 0 bridgehead atoms. The van der Waals surface area contributed by atoms with Gasteiger partial charge >= 0.3 is 23.9 Å². The van der Waals surface area contributed by atoms with E-state index in [1.54, 1.807) is 0 Å². The molecule has 114 valence electrons. The molecule has 0 spiro atoms. The van der Waals surface area contributed by atoms with Crippen molar-refractivity contribution < 1.29 is 34.1 Å². The summed E-state index contributed by atoms with van der Waals surface area (Å²) in [5.74, 6) is -4.57. The van der Waals surface area contributed by atoms with Crippen molar-refractivity contribution in [2.75, 3.05) is 0 Å². The number of carbonyl (C=O) groups is 4. The summed E-state index contributed by atoms with van der Waals surface area (Å²) < 4.78 is 4.53. The summed E-state index contributed by atoms with van der Waals surface area (Å²) >= 11 is 0. The van der Waals surface area contributed by atoms with Crippen molar-refractivity contribution in [1.29, 1.82) is 0 Å². The smallest absolute Gasteiger partial charge is 0.347 e. The lowest BCUT2D eigenvalue weighted by Gasteiger charge is -2.11. The first-order valence-corrected chi connectivity index (χ1v) is 6.41. The zero-order chi connectivity index (χ0) is 16.7. The van der Waals surface area contributed by atoms with Crippen molar-refractivity contribution in [3.05, 3.63) is 58.7 Å². The average molecular weight is 312 g/mol. The van der Waals surface area contributed by atoms with Gasteiger partial charge in [-0.05, 0) is 23.3 Å². The molecule has 0 saturated heterocycles. The molecule has 2 aromatic carbocycles. The molecule has 1 aliphatic rings. The molecule has 2 aromatic rings. The molecule has 0 aliphatic carbocycles. The van der Waals surface area contributed by atoms with Crippen LogP contribution in [0.1, 0.15) is 41.4 Å². The number of cyclic esters (lactones) is 2. The maximum absolute atomic E-state index is 11.9. The summed E-state index contributed by atoms with van der Waals surface area (Å²) in [5, 5.41) is 18.5. The van der Waals surface area contributed by atoms with E-state index in [9.17, 15) is 24.3 Å². The lowest BCUT2D eigenvalue weighted by Crippen LogP contribution is -2.10. The Morgan fingerprint density at radius 2 is 1.39 bits per heavy atom. The largest absolute Gasteiger partial charge is 0.478 e. The third kappa shape index (κ3) is 2.15. The molecule has 0 atom stereocenters. The molecule has 3 rings (SSSR count). The molecule has 0 fully saturated rings. The second-order valence-electron chi connectivity index (χ2n) is 4.74. The number of hydrogen-bond acceptors (Lipinski definition) is 5. The third-order valence-corrected chi connectivity index (χ3v) is 3.47. The van der Waals surface area contributed by atoms with Gasteiger partial charge in [-0.1, -0.05) is 24.3 Å². The van der Waals surface area contributed by atoms with Crippen LogP contribution < -0.4 is 0 Å². The molecule has 1 aliphatic heterocycles. The van der Waals surface area contributed by atoms with E-state index < -0.39 is 35.0 Å². The normalized spacial score (nSPS) is 12.7. The van der Waals surface area contributed by atoms with Gasteiger partial charge in [0.1, 0.15) is 0 Å². The zero-order valence-corrected chi connectivity index (χ0v) is 11.4. The monoisotopic (exact) mass is 312 g/mol. The Labute approximate surface area is 128 Å². The second-order valence-corrected chi connectivity index (χ2v) is 4.74. The van der Waals surface area contributed by atoms with Crippen LogP contribution in [0.25, 0.3) is 11.1 Å². The molecule has 0 aromatic heterocycles. The first-order chi connectivity index (χ1) is 10.9. The minimum absolute atomic E-state index is 0.0181. The standard InChI is InChI=1S/C16H8O7/c17-13(18)9-5-1-3-7(11(9)14(19)20)8-4-2-6-10-12(8)16(22)23-15(10)21/h1-6H,(H,17,18)(H,19,20). The number of rotatable bonds is 3. The van der Waals surface area contributed by atoms with Crippen LogP contribution in [0.15, 0.2) is 36.4 Å². The summed E-state index contributed by atoms with van der Waals surface area (Å²) in [6.45, 7) is 0. The summed E-state index contributed by atoms with van der Waals surface area (Å²) in [6.07, 6.45) is 0. The van der Waals surface area contributed by atoms with Gasteiger partial charge in [0.25, 0.3) is 0 Å². The first kappa shape index (κ1) is 14.5. The Morgan fingerprint density at radius 1 is 0.783 bits per heavy atom. The van der Waals surface area contributed by atoms with E-state index in [1.807, 2.05) is 0 Å². The molecule has 0 unspecified atom stereocenters. The lowest BCUT2D eigenvalue weighted by molar-refractivity contribution is 0.0442. The fourth-order valence-corrected chi connectivity index (χ4v) is 2.54. The number of fused-ring (bicyclic) bond motifs is 1. The minimum Gasteiger partial charge on any atom is -0.478 e. The Hall–Kier alpha value is -3.48. The molecule has 0 saturated carbocycles. The van der Waals surface area contributed by atoms with Crippen LogP contribution >= 0.6 is 0 Å². The van der Waals surface area contributed by atoms with Gasteiger partial charge in [0.15, 0.2) is 0 Å². The number of esters is 2. The van der Waals surface area contributed by atoms with E-state index >= 15 is 0 Å². The van der Waals surface area contributed by atoms with Gasteiger partial charge in [-0.3, -0.25) is 0 Å². The van der Waals surface area contributed by atoms with E-state index in [0.717, 1.165) is 6.07 Å². The van der Waals surface area contributed by atoms with E-state index in [-0.39, 0.29) is 22.3 Å². The lowest BCUT2D eigenvalue weighted by atomic mass is 9.91. The van der Waals surface area contributed by atoms with Crippen LogP contribution in [0, 0.1) is 0 Å². The average Bonchev–Trinajstić information content (AvgIpc) is 2.81.